The van der Waals surface area contributed by atoms with Crippen LogP contribution in [-0.4, -0.2) is 22.9 Å². The summed E-state index contributed by atoms with van der Waals surface area (Å²) >= 11 is 12.4. The summed E-state index contributed by atoms with van der Waals surface area (Å²) in [5.41, 5.74) is 0.904. The third kappa shape index (κ3) is 2.54. The lowest BCUT2D eigenvalue weighted by molar-refractivity contribution is -0.115. The number of amides is 2. The first kappa shape index (κ1) is 13.4. The quantitative estimate of drug-likeness (QED) is 0.824. The fourth-order valence-electron chi connectivity index (χ4n) is 1.49. The van der Waals surface area contributed by atoms with Gasteiger partial charge in [0.2, 0.25) is 0 Å². The van der Waals surface area contributed by atoms with Crippen molar-refractivity contribution in [2.24, 2.45) is 0 Å². The van der Waals surface area contributed by atoms with Crippen molar-refractivity contribution >= 4 is 51.7 Å². The van der Waals surface area contributed by atoms with E-state index in [-0.39, 0.29) is 11.5 Å². The highest BCUT2D eigenvalue weighted by Crippen LogP contribution is 2.33. The van der Waals surface area contributed by atoms with Gasteiger partial charge < -0.3 is 5.11 Å². The number of thioether (sulfide) groups is 1. The number of aliphatic hydroxyl groups excluding tert-OH is 1. The van der Waals surface area contributed by atoms with Crippen LogP contribution in [0.1, 0.15) is 5.56 Å². The van der Waals surface area contributed by atoms with Crippen molar-refractivity contribution in [2.45, 2.75) is 0 Å². The summed E-state index contributed by atoms with van der Waals surface area (Å²) in [6.45, 7) is -0.374. The summed E-state index contributed by atoms with van der Waals surface area (Å²) in [5, 5.41) is 11.7. The molecule has 0 bridgehead atoms. The van der Waals surface area contributed by atoms with Crippen LogP contribution < -0.4 is 5.32 Å². The van der Waals surface area contributed by atoms with Gasteiger partial charge in [-0.25, -0.2) is 0 Å². The molecule has 0 unspecified atom stereocenters. The van der Waals surface area contributed by atoms with Gasteiger partial charge >= 0.3 is 0 Å². The SMILES string of the molecule is O=C1NC(=O)/C(=C(/CO)c2ccc(Cl)c(Cl)c2)S1. The van der Waals surface area contributed by atoms with Crippen molar-refractivity contribution < 1.29 is 14.7 Å². The predicted molar refractivity (Wildman–Crippen MR) is 71.6 cm³/mol. The molecule has 18 heavy (non-hydrogen) atoms. The molecule has 7 heteroatoms. The van der Waals surface area contributed by atoms with Gasteiger partial charge in [-0.1, -0.05) is 29.3 Å². The molecule has 2 amide bonds. The van der Waals surface area contributed by atoms with Crippen LogP contribution in [0.25, 0.3) is 5.57 Å². The van der Waals surface area contributed by atoms with Crippen molar-refractivity contribution in [3.05, 3.63) is 38.7 Å². The summed E-state index contributed by atoms with van der Waals surface area (Å²) < 4.78 is 0. The van der Waals surface area contributed by atoms with Crippen molar-refractivity contribution in [3.63, 3.8) is 0 Å². The molecule has 0 aliphatic carbocycles. The highest BCUT2D eigenvalue weighted by molar-refractivity contribution is 8.18. The molecular formula is C11H7Cl2NO3S. The van der Waals surface area contributed by atoms with E-state index in [0.29, 0.717) is 21.2 Å². The molecular weight excluding hydrogens is 297 g/mol. The molecule has 0 atom stereocenters. The molecule has 1 aromatic rings. The van der Waals surface area contributed by atoms with E-state index in [0.717, 1.165) is 11.8 Å². The molecule has 1 aliphatic rings. The van der Waals surface area contributed by atoms with Crippen molar-refractivity contribution in [1.82, 2.24) is 5.32 Å². The van der Waals surface area contributed by atoms with E-state index < -0.39 is 11.1 Å². The Morgan fingerprint density at radius 3 is 2.50 bits per heavy atom. The Kier molecular flexibility index (Phi) is 3.97. The molecule has 4 nitrogen and oxygen atoms in total. The van der Waals surface area contributed by atoms with Crippen LogP contribution in [0, 0.1) is 0 Å². The second-order valence-electron chi connectivity index (χ2n) is 3.44. The summed E-state index contributed by atoms with van der Waals surface area (Å²) in [6.07, 6.45) is 0. The van der Waals surface area contributed by atoms with Crippen LogP contribution >= 0.6 is 35.0 Å². The van der Waals surface area contributed by atoms with Gasteiger partial charge in [0.25, 0.3) is 11.1 Å². The minimum atomic E-state index is -0.514. The zero-order valence-corrected chi connectivity index (χ0v) is 11.2. The molecule has 94 valence electrons. The van der Waals surface area contributed by atoms with Crippen molar-refractivity contribution in [3.8, 4) is 0 Å². The first-order valence-corrected chi connectivity index (χ1v) is 6.42. The third-order valence-electron chi connectivity index (χ3n) is 2.32. The third-order valence-corrected chi connectivity index (χ3v) is 3.98. The van der Waals surface area contributed by atoms with Crippen LogP contribution in [0.3, 0.4) is 0 Å². The smallest absolute Gasteiger partial charge is 0.290 e. The zero-order valence-electron chi connectivity index (χ0n) is 8.87. The maximum atomic E-state index is 11.5. The predicted octanol–water partition coefficient (Wildman–Crippen LogP) is 2.68. The molecule has 0 saturated carbocycles. The summed E-state index contributed by atoms with van der Waals surface area (Å²) in [4.78, 5) is 22.8. The molecule has 2 N–H and O–H groups in total. The highest BCUT2D eigenvalue weighted by Gasteiger charge is 2.28. The average Bonchev–Trinajstić information content (AvgIpc) is 2.64. The van der Waals surface area contributed by atoms with Crippen molar-refractivity contribution in [1.29, 1.82) is 0 Å². The molecule has 0 aromatic heterocycles. The molecule has 2 rings (SSSR count). The van der Waals surface area contributed by atoms with Crippen LogP contribution in [0.2, 0.25) is 10.0 Å². The van der Waals surface area contributed by atoms with Crippen LogP contribution in [-0.2, 0) is 4.79 Å². The highest BCUT2D eigenvalue weighted by atomic mass is 35.5. The van der Waals surface area contributed by atoms with E-state index in [4.69, 9.17) is 23.2 Å². The van der Waals surface area contributed by atoms with Gasteiger partial charge in [-0.15, -0.1) is 0 Å². The minimum Gasteiger partial charge on any atom is -0.392 e. The second kappa shape index (κ2) is 5.32. The van der Waals surface area contributed by atoms with E-state index in [1.807, 2.05) is 0 Å². The Labute approximate surface area is 117 Å². The fourth-order valence-corrected chi connectivity index (χ4v) is 2.57. The number of aliphatic hydroxyl groups is 1. The van der Waals surface area contributed by atoms with Gasteiger partial charge in [0.15, 0.2) is 0 Å². The molecule has 1 saturated heterocycles. The Morgan fingerprint density at radius 1 is 1.28 bits per heavy atom. The number of benzene rings is 1. The normalized spacial score (nSPS) is 17.9. The molecule has 0 spiro atoms. The monoisotopic (exact) mass is 303 g/mol. The lowest BCUT2D eigenvalue weighted by atomic mass is 10.1. The Hall–Kier alpha value is -1.01. The largest absolute Gasteiger partial charge is 0.392 e. The van der Waals surface area contributed by atoms with Crippen molar-refractivity contribution in [2.75, 3.05) is 6.61 Å². The maximum absolute atomic E-state index is 11.5. The van der Waals surface area contributed by atoms with Crippen LogP contribution in [0.5, 0.6) is 0 Å². The first-order chi connectivity index (χ1) is 8.52. The molecule has 1 heterocycles. The Morgan fingerprint density at radius 2 is 2.00 bits per heavy atom. The number of hydrogen-bond acceptors (Lipinski definition) is 4. The van der Waals surface area contributed by atoms with E-state index in [1.54, 1.807) is 18.2 Å². The molecule has 1 aliphatic heterocycles. The van der Waals surface area contributed by atoms with Crippen LogP contribution in [0.15, 0.2) is 23.1 Å². The Bertz CT molecular complexity index is 571. The topological polar surface area (TPSA) is 66.4 Å². The van der Waals surface area contributed by atoms with E-state index in [1.165, 1.54) is 0 Å². The number of carbonyl (C=O) groups excluding carboxylic acids is 2. The average molecular weight is 304 g/mol. The van der Waals surface area contributed by atoms with Gasteiger partial charge in [0, 0.05) is 5.57 Å². The summed E-state index contributed by atoms with van der Waals surface area (Å²) in [6, 6.07) is 4.73. The summed E-state index contributed by atoms with van der Waals surface area (Å²) in [7, 11) is 0. The van der Waals surface area contributed by atoms with E-state index in [9.17, 15) is 14.7 Å². The molecule has 1 fully saturated rings. The van der Waals surface area contributed by atoms with Gasteiger partial charge in [-0.3, -0.25) is 14.9 Å². The van der Waals surface area contributed by atoms with Gasteiger partial charge in [0.1, 0.15) is 0 Å². The standard InChI is InChI=1S/C11H7Cl2NO3S/c12-7-2-1-5(3-8(7)13)6(4-15)9-10(16)14-11(17)18-9/h1-3,15H,4H2,(H,14,16,17)/b9-6+. The molecule has 1 aromatic carbocycles. The fraction of sp³-hybridized carbons (Fsp3) is 0.0909. The van der Waals surface area contributed by atoms with Crippen LogP contribution in [0.4, 0.5) is 4.79 Å². The number of hydrogen-bond donors (Lipinski definition) is 2. The zero-order chi connectivity index (χ0) is 13.3. The summed E-state index contributed by atoms with van der Waals surface area (Å²) in [5.74, 6) is -0.514. The van der Waals surface area contributed by atoms with Gasteiger partial charge in [-0.05, 0) is 29.5 Å². The number of carbonyl (C=O) groups is 2. The lowest BCUT2D eigenvalue weighted by Crippen LogP contribution is -2.18. The van der Waals surface area contributed by atoms with E-state index in [2.05, 4.69) is 5.32 Å². The van der Waals surface area contributed by atoms with Gasteiger partial charge in [0.05, 0.1) is 21.6 Å². The minimum absolute atomic E-state index is 0.181. The number of nitrogens with one attached hydrogen (secondary N) is 1. The number of halogens is 2. The molecule has 0 radical (unpaired) electrons. The lowest BCUT2D eigenvalue weighted by Gasteiger charge is -2.07. The Balaban J connectivity index is 2.51. The first-order valence-electron chi connectivity index (χ1n) is 4.85. The van der Waals surface area contributed by atoms with Gasteiger partial charge in [-0.2, -0.15) is 0 Å². The van der Waals surface area contributed by atoms with E-state index >= 15 is 0 Å². The number of imide groups is 1. The second-order valence-corrected chi connectivity index (χ2v) is 5.24. The maximum Gasteiger partial charge on any atom is 0.290 e. The number of rotatable bonds is 2.